The highest BCUT2D eigenvalue weighted by Gasteiger charge is 2.10. The van der Waals surface area contributed by atoms with Crippen LogP contribution >= 0.6 is 0 Å². The molecular weight excluding hydrogens is 206 g/mol. The highest BCUT2D eigenvalue weighted by molar-refractivity contribution is 5.42. The molecule has 2 aromatic carbocycles. The average molecular weight is 223 g/mol. The molecule has 0 atom stereocenters. The Hall–Kier alpha value is -1.76. The number of hydrogen-bond donors (Lipinski definition) is 1. The second kappa shape index (κ2) is 4.25. The van der Waals surface area contributed by atoms with Crippen LogP contribution in [0.5, 0.6) is 0 Å². The van der Waals surface area contributed by atoms with Gasteiger partial charge in [-0.25, -0.2) is 0 Å². The van der Waals surface area contributed by atoms with E-state index in [9.17, 15) is 0 Å². The normalized spacial score (nSPS) is 13.6. The van der Waals surface area contributed by atoms with Gasteiger partial charge in [-0.05, 0) is 60.1 Å². The molecule has 0 fully saturated rings. The largest absolute Gasteiger partial charge is 0.399 e. The van der Waals surface area contributed by atoms with E-state index in [1.165, 1.54) is 30.4 Å². The topological polar surface area (TPSA) is 26.0 Å². The van der Waals surface area contributed by atoms with E-state index < -0.39 is 0 Å². The van der Waals surface area contributed by atoms with Gasteiger partial charge in [0.15, 0.2) is 0 Å². The molecule has 1 heteroatoms. The molecule has 2 aromatic rings. The Labute approximate surface area is 102 Å². The summed E-state index contributed by atoms with van der Waals surface area (Å²) in [6, 6.07) is 15.1. The highest BCUT2D eigenvalue weighted by Crippen LogP contribution is 2.24. The molecule has 0 unspecified atom stereocenters. The van der Waals surface area contributed by atoms with E-state index in [0.29, 0.717) is 0 Å². The van der Waals surface area contributed by atoms with Gasteiger partial charge in [0, 0.05) is 5.69 Å². The van der Waals surface area contributed by atoms with E-state index in [1.807, 2.05) is 12.1 Å². The van der Waals surface area contributed by atoms with Gasteiger partial charge in [0.2, 0.25) is 0 Å². The fourth-order valence-electron chi connectivity index (χ4n) is 2.61. The molecule has 0 saturated carbocycles. The Morgan fingerprint density at radius 3 is 2.35 bits per heavy atom. The standard InChI is InChI=1S/C16H17N/c17-16-8-5-12(6-9-16)10-13-4-7-14-2-1-3-15(14)11-13/h4-9,11H,1-3,10,17H2. The van der Waals surface area contributed by atoms with Crippen LogP contribution < -0.4 is 5.73 Å². The number of anilines is 1. The lowest BCUT2D eigenvalue weighted by molar-refractivity contribution is 0.911. The summed E-state index contributed by atoms with van der Waals surface area (Å²) in [4.78, 5) is 0. The molecule has 3 rings (SSSR count). The maximum absolute atomic E-state index is 5.69. The van der Waals surface area contributed by atoms with Crippen molar-refractivity contribution in [3.63, 3.8) is 0 Å². The van der Waals surface area contributed by atoms with Crippen LogP contribution in [0.2, 0.25) is 0 Å². The first-order chi connectivity index (χ1) is 8.31. The van der Waals surface area contributed by atoms with E-state index in [4.69, 9.17) is 5.73 Å². The molecular formula is C16H17N. The van der Waals surface area contributed by atoms with Gasteiger partial charge in [-0.15, -0.1) is 0 Å². The minimum atomic E-state index is 0.836. The molecule has 0 bridgehead atoms. The van der Waals surface area contributed by atoms with Gasteiger partial charge >= 0.3 is 0 Å². The quantitative estimate of drug-likeness (QED) is 0.776. The fourth-order valence-corrected chi connectivity index (χ4v) is 2.61. The third-order valence-electron chi connectivity index (χ3n) is 3.55. The molecule has 0 amide bonds. The Bertz CT molecular complexity index is 526. The van der Waals surface area contributed by atoms with Crippen molar-refractivity contribution in [1.82, 2.24) is 0 Å². The lowest BCUT2D eigenvalue weighted by atomic mass is 10.0. The molecule has 1 aliphatic rings. The Balaban J connectivity index is 1.83. The third kappa shape index (κ3) is 2.19. The van der Waals surface area contributed by atoms with E-state index in [0.717, 1.165) is 12.1 Å². The van der Waals surface area contributed by atoms with Gasteiger partial charge in [0.25, 0.3) is 0 Å². The van der Waals surface area contributed by atoms with Crippen molar-refractivity contribution in [2.24, 2.45) is 0 Å². The van der Waals surface area contributed by atoms with Crippen LogP contribution in [0.25, 0.3) is 0 Å². The monoisotopic (exact) mass is 223 g/mol. The molecule has 17 heavy (non-hydrogen) atoms. The van der Waals surface area contributed by atoms with Gasteiger partial charge in [0.05, 0.1) is 0 Å². The summed E-state index contributed by atoms with van der Waals surface area (Å²) in [6.07, 6.45) is 4.84. The number of rotatable bonds is 2. The zero-order valence-corrected chi connectivity index (χ0v) is 9.95. The molecule has 0 spiro atoms. The first-order valence-electron chi connectivity index (χ1n) is 6.26. The van der Waals surface area contributed by atoms with E-state index in [1.54, 1.807) is 11.1 Å². The third-order valence-corrected chi connectivity index (χ3v) is 3.55. The Morgan fingerprint density at radius 2 is 1.53 bits per heavy atom. The van der Waals surface area contributed by atoms with Crippen molar-refractivity contribution in [1.29, 1.82) is 0 Å². The summed E-state index contributed by atoms with van der Waals surface area (Å²) in [5, 5.41) is 0. The lowest BCUT2D eigenvalue weighted by Gasteiger charge is -2.05. The first kappa shape index (κ1) is 10.4. The number of hydrogen-bond acceptors (Lipinski definition) is 1. The van der Waals surface area contributed by atoms with Crippen molar-refractivity contribution in [2.45, 2.75) is 25.7 Å². The van der Waals surface area contributed by atoms with Crippen LogP contribution in [0.1, 0.15) is 28.7 Å². The smallest absolute Gasteiger partial charge is 0.0314 e. The van der Waals surface area contributed by atoms with Gasteiger partial charge in [-0.2, -0.15) is 0 Å². The average Bonchev–Trinajstić information content (AvgIpc) is 2.79. The van der Waals surface area contributed by atoms with Crippen LogP contribution in [-0.4, -0.2) is 0 Å². The van der Waals surface area contributed by atoms with Crippen LogP contribution in [0, 0.1) is 0 Å². The molecule has 1 aliphatic carbocycles. The van der Waals surface area contributed by atoms with Gasteiger partial charge in [-0.3, -0.25) is 0 Å². The van der Waals surface area contributed by atoms with Crippen LogP contribution in [0.4, 0.5) is 5.69 Å². The summed E-state index contributed by atoms with van der Waals surface area (Å²) >= 11 is 0. The SMILES string of the molecule is Nc1ccc(Cc2ccc3c(c2)CCC3)cc1. The molecule has 2 N–H and O–H groups in total. The fraction of sp³-hybridized carbons (Fsp3) is 0.250. The predicted octanol–water partition coefficient (Wildman–Crippen LogP) is 3.35. The van der Waals surface area contributed by atoms with Gasteiger partial charge in [0.1, 0.15) is 0 Å². The zero-order valence-electron chi connectivity index (χ0n) is 9.95. The highest BCUT2D eigenvalue weighted by atomic mass is 14.5. The maximum atomic E-state index is 5.69. The number of aryl methyl sites for hydroxylation is 2. The van der Waals surface area contributed by atoms with Crippen molar-refractivity contribution < 1.29 is 0 Å². The van der Waals surface area contributed by atoms with Crippen molar-refractivity contribution in [2.75, 3.05) is 5.73 Å². The zero-order chi connectivity index (χ0) is 11.7. The molecule has 0 aliphatic heterocycles. The summed E-state index contributed by atoms with van der Waals surface area (Å²) in [5.74, 6) is 0. The van der Waals surface area contributed by atoms with E-state index in [2.05, 4.69) is 30.3 Å². The molecule has 0 heterocycles. The van der Waals surface area contributed by atoms with E-state index >= 15 is 0 Å². The summed E-state index contributed by atoms with van der Waals surface area (Å²) in [6.45, 7) is 0. The minimum absolute atomic E-state index is 0.836. The van der Waals surface area contributed by atoms with Gasteiger partial charge in [-0.1, -0.05) is 30.3 Å². The first-order valence-corrected chi connectivity index (χ1v) is 6.26. The second-order valence-electron chi connectivity index (χ2n) is 4.87. The predicted molar refractivity (Wildman–Crippen MR) is 72.1 cm³/mol. The summed E-state index contributed by atoms with van der Waals surface area (Å²) in [7, 11) is 0. The minimum Gasteiger partial charge on any atom is -0.399 e. The molecule has 0 aromatic heterocycles. The molecule has 86 valence electrons. The van der Waals surface area contributed by atoms with Crippen LogP contribution in [-0.2, 0) is 19.3 Å². The molecule has 0 saturated heterocycles. The second-order valence-corrected chi connectivity index (χ2v) is 4.87. The van der Waals surface area contributed by atoms with Crippen molar-refractivity contribution >= 4 is 5.69 Å². The van der Waals surface area contributed by atoms with Crippen molar-refractivity contribution in [3.05, 3.63) is 64.7 Å². The summed E-state index contributed by atoms with van der Waals surface area (Å²) < 4.78 is 0. The maximum Gasteiger partial charge on any atom is 0.0314 e. The number of benzene rings is 2. The number of nitrogens with two attached hydrogens (primary N) is 1. The van der Waals surface area contributed by atoms with Crippen LogP contribution in [0.3, 0.4) is 0 Å². The van der Waals surface area contributed by atoms with Crippen LogP contribution in [0.15, 0.2) is 42.5 Å². The van der Waals surface area contributed by atoms with E-state index in [-0.39, 0.29) is 0 Å². The Morgan fingerprint density at radius 1 is 0.824 bits per heavy atom. The number of nitrogen functional groups attached to an aromatic ring is 1. The summed E-state index contributed by atoms with van der Waals surface area (Å²) in [5.41, 5.74) is 12.4. The lowest BCUT2D eigenvalue weighted by Crippen LogP contribution is -1.92. The number of fused-ring (bicyclic) bond motifs is 1. The Kier molecular flexibility index (Phi) is 2.60. The van der Waals surface area contributed by atoms with Gasteiger partial charge < -0.3 is 5.73 Å². The molecule has 0 radical (unpaired) electrons. The molecule has 1 nitrogen and oxygen atoms in total. The van der Waals surface area contributed by atoms with Crippen molar-refractivity contribution in [3.8, 4) is 0 Å².